The number of hydrogen-bond acceptors (Lipinski definition) is 4. The zero-order chi connectivity index (χ0) is 9.23. The van der Waals surface area contributed by atoms with Gasteiger partial charge < -0.3 is 15.5 Å². The SMILES string of the molecule is CSCCCCNC[C@H](O)CO. The number of nitrogens with one attached hydrogen (secondary N) is 1. The van der Waals surface area contributed by atoms with E-state index in [9.17, 15) is 0 Å². The molecule has 0 aliphatic rings. The molecule has 0 unspecified atom stereocenters. The molecule has 0 heterocycles. The number of aliphatic hydroxyl groups is 2. The van der Waals surface area contributed by atoms with Crippen LogP contribution in [0.1, 0.15) is 12.8 Å². The molecular formula is C8H19NO2S. The van der Waals surface area contributed by atoms with Gasteiger partial charge in [-0.1, -0.05) is 0 Å². The van der Waals surface area contributed by atoms with Gasteiger partial charge in [0.1, 0.15) is 0 Å². The van der Waals surface area contributed by atoms with Crippen molar-refractivity contribution in [1.29, 1.82) is 0 Å². The standard InChI is InChI=1S/C8H19NO2S/c1-12-5-3-2-4-9-6-8(11)7-10/h8-11H,2-7H2,1H3/t8-/m0/s1. The van der Waals surface area contributed by atoms with Crippen molar-refractivity contribution in [3.63, 3.8) is 0 Å². The van der Waals surface area contributed by atoms with Gasteiger partial charge in [0.05, 0.1) is 12.7 Å². The van der Waals surface area contributed by atoms with Crippen LogP contribution in [0.15, 0.2) is 0 Å². The minimum atomic E-state index is -0.606. The van der Waals surface area contributed by atoms with Crippen LogP contribution < -0.4 is 5.32 Å². The quantitative estimate of drug-likeness (QED) is 0.478. The summed E-state index contributed by atoms with van der Waals surface area (Å²) in [5, 5.41) is 20.5. The van der Waals surface area contributed by atoms with Gasteiger partial charge in [0.2, 0.25) is 0 Å². The summed E-state index contributed by atoms with van der Waals surface area (Å²) in [6.07, 6.45) is 3.84. The Morgan fingerprint density at radius 3 is 2.75 bits per heavy atom. The Bertz CT molecular complexity index is 93.1. The van der Waals surface area contributed by atoms with Crippen molar-refractivity contribution >= 4 is 11.8 Å². The van der Waals surface area contributed by atoms with Gasteiger partial charge in [-0.2, -0.15) is 11.8 Å². The maximum Gasteiger partial charge on any atom is 0.0894 e. The molecular weight excluding hydrogens is 174 g/mol. The van der Waals surface area contributed by atoms with E-state index in [1.807, 2.05) is 11.8 Å². The normalized spacial score (nSPS) is 13.2. The lowest BCUT2D eigenvalue weighted by Gasteiger charge is -2.07. The molecule has 0 bridgehead atoms. The van der Waals surface area contributed by atoms with E-state index in [1.165, 1.54) is 12.2 Å². The first-order valence-corrected chi connectivity index (χ1v) is 5.69. The minimum Gasteiger partial charge on any atom is -0.394 e. The summed E-state index contributed by atoms with van der Waals surface area (Å²) < 4.78 is 0. The predicted octanol–water partition coefficient (Wildman–Crippen LogP) is 0.0724. The van der Waals surface area contributed by atoms with Crippen molar-refractivity contribution in [1.82, 2.24) is 5.32 Å². The Morgan fingerprint density at radius 1 is 1.42 bits per heavy atom. The molecule has 0 rings (SSSR count). The molecule has 0 aliphatic heterocycles. The highest BCUT2D eigenvalue weighted by molar-refractivity contribution is 7.98. The second-order valence-electron chi connectivity index (χ2n) is 2.74. The van der Waals surface area contributed by atoms with Crippen LogP contribution in [0.3, 0.4) is 0 Å². The molecule has 74 valence electrons. The minimum absolute atomic E-state index is 0.155. The average molecular weight is 193 g/mol. The summed E-state index contributed by atoms with van der Waals surface area (Å²) in [5.41, 5.74) is 0. The van der Waals surface area contributed by atoms with Gasteiger partial charge in [-0.25, -0.2) is 0 Å². The van der Waals surface area contributed by atoms with Crippen molar-refractivity contribution in [3.05, 3.63) is 0 Å². The molecule has 0 radical (unpaired) electrons. The summed E-state index contributed by atoms with van der Waals surface area (Å²) in [4.78, 5) is 0. The van der Waals surface area contributed by atoms with Gasteiger partial charge in [0.15, 0.2) is 0 Å². The zero-order valence-electron chi connectivity index (χ0n) is 7.62. The van der Waals surface area contributed by atoms with Gasteiger partial charge >= 0.3 is 0 Å². The molecule has 0 aliphatic carbocycles. The van der Waals surface area contributed by atoms with Crippen molar-refractivity contribution in [2.24, 2.45) is 0 Å². The molecule has 3 N–H and O–H groups in total. The van der Waals surface area contributed by atoms with Crippen LogP contribution in [0.25, 0.3) is 0 Å². The summed E-state index contributed by atoms with van der Waals surface area (Å²) in [6, 6.07) is 0. The summed E-state index contributed by atoms with van der Waals surface area (Å²) in [6.45, 7) is 1.27. The molecule has 12 heavy (non-hydrogen) atoms. The number of hydrogen-bond donors (Lipinski definition) is 3. The summed E-state index contributed by atoms with van der Waals surface area (Å²) >= 11 is 1.85. The fourth-order valence-electron chi connectivity index (χ4n) is 0.830. The van der Waals surface area contributed by atoms with Gasteiger partial charge in [-0.05, 0) is 31.4 Å². The molecule has 0 amide bonds. The fourth-order valence-corrected chi connectivity index (χ4v) is 1.32. The third kappa shape index (κ3) is 8.33. The summed E-state index contributed by atoms with van der Waals surface area (Å²) in [7, 11) is 0. The molecule has 0 aromatic carbocycles. The predicted molar refractivity (Wildman–Crippen MR) is 53.6 cm³/mol. The number of unbranched alkanes of at least 4 members (excludes halogenated alkanes) is 1. The molecule has 1 atom stereocenters. The Morgan fingerprint density at radius 2 is 2.17 bits per heavy atom. The lowest BCUT2D eigenvalue weighted by atomic mass is 10.3. The average Bonchev–Trinajstić information content (AvgIpc) is 2.10. The van der Waals surface area contributed by atoms with Gasteiger partial charge in [0, 0.05) is 6.54 Å². The first kappa shape index (κ1) is 12.2. The maximum atomic E-state index is 8.94. The number of thioether (sulfide) groups is 1. The van der Waals surface area contributed by atoms with E-state index in [-0.39, 0.29) is 6.61 Å². The van der Waals surface area contributed by atoms with E-state index in [2.05, 4.69) is 11.6 Å². The second kappa shape index (κ2) is 9.32. The monoisotopic (exact) mass is 193 g/mol. The lowest BCUT2D eigenvalue weighted by Crippen LogP contribution is -2.29. The molecule has 0 aromatic heterocycles. The van der Waals surface area contributed by atoms with Crippen LogP contribution in [0, 0.1) is 0 Å². The van der Waals surface area contributed by atoms with Crippen molar-refractivity contribution in [2.45, 2.75) is 18.9 Å². The molecule has 0 saturated heterocycles. The Labute approximate surface area is 78.6 Å². The van der Waals surface area contributed by atoms with Gasteiger partial charge in [-0.15, -0.1) is 0 Å². The van der Waals surface area contributed by atoms with Crippen molar-refractivity contribution in [2.75, 3.05) is 31.7 Å². The summed E-state index contributed by atoms with van der Waals surface area (Å²) in [5.74, 6) is 1.20. The highest BCUT2D eigenvalue weighted by Crippen LogP contribution is 1.97. The van der Waals surface area contributed by atoms with E-state index >= 15 is 0 Å². The smallest absolute Gasteiger partial charge is 0.0894 e. The van der Waals surface area contributed by atoms with Gasteiger partial charge in [-0.3, -0.25) is 0 Å². The van der Waals surface area contributed by atoms with E-state index in [0.717, 1.165) is 13.0 Å². The topological polar surface area (TPSA) is 52.5 Å². The zero-order valence-corrected chi connectivity index (χ0v) is 8.44. The lowest BCUT2D eigenvalue weighted by molar-refractivity contribution is 0.0945. The van der Waals surface area contributed by atoms with E-state index in [1.54, 1.807) is 0 Å². The van der Waals surface area contributed by atoms with Crippen LogP contribution in [-0.4, -0.2) is 48.0 Å². The first-order chi connectivity index (χ1) is 5.81. The third-order valence-corrected chi connectivity index (χ3v) is 2.24. The molecule has 0 aromatic rings. The maximum absolute atomic E-state index is 8.94. The largest absolute Gasteiger partial charge is 0.394 e. The highest BCUT2D eigenvalue weighted by Gasteiger charge is 1.98. The van der Waals surface area contributed by atoms with Crippen LogP contribution in [0.2, 0.25) is 0 Å². The Hall–Kier alpha value is 0.230. The van der Waals surface area contributed by atoms with Gasteiger partial charge in [0.25, 0.3) is 0 Å². The van der Waals surface area contributed by atoms with Crippen molar-refractivity contribution in [3.8, 4) is 0 Å². The highest BCUT2D eigenvalue weighted by atomic mass is 32.2. The van der Waals surface area contributed by atoms with Crippen LogP contribution in [0.5, 0.6) is 0 Å². The fraction of sp³-hybridized carbons (Fsp3) is 1.00. The van der Waals surface area contributed by atoms with E-state index in [0.29, 0.717) is 6.54 Å². The number of rotatable bonds is 8. The van der Waals surface area contributed by atoms with Crippen LogP contribution >= 0.6 is 11.8 Å². The van der Waals surface area contributed by atoms with E-state index in [4.69, 9.17) is 10.2 Å². The Kier molecular flexibility index (Phi) is 9.50. The third-order valence-electron chi connectivity index (χ3n) is 1.54. The number of aliphatic hydroxyl groups excluding tert-OH is 2. The molecule has 0 spiro atoms. The second-order valence-corrected chi connectivity index (χ2v) is 3.73. The molecule has 0 fully saturated rings. The van der Waals surface area contributed by atoms with Crippen LogP contribution in [-0.2, 0) is 0 Å². The molecule has 0 saturated carbocycles. The van der Waals surface area contributed by atoms with Crippen LogP contribution in [0.4, 0.5) is 0 Å². The first-order valence-electron chi connectivity index (χ1n) is 4.29. The molecule has 3 nitrogen and oxygen atoms in total. The Balaban J connectivity index is 2.90. The van der Waals surface area contributed by atoms with E-state index < -0.39 is 6.10 Å². The van der Waals surface area contributed by atoms with Crippen molar-refractivity contribution < 1.29 is 10.2 Å². The molecule has 4 heteroatoms.